The van der Waals surface area contributed by atoms with Crippen LogP contribution in [-0.2, 0) is 38.5 Å². The second-order valence-corrected chi connectivity index (χ2v) is 22.7. The molecule has 16 heteroatoms. The summed E-state index contributed by atoms with van der Waals surface area (Å²) in [6, 6.07) is 14.7. The molecular weight excluding hydrogens is 897 g/mol. The van der Waals surface area contributed by atoms with Crippen molar-refractivity contribution >= 4 is 11.8 Å². The summed E-state index contributed by atoms with van der Waals surface area (Å²) in [6.45, 7) is 19.7. The molecule has 2 aromatic rings. The molecule has 8 unspecified atom stereocenters. The van der Waals surface area contributed by atoms with Crippen LogP contribution in [0, 0.1) is 47.3 Å². The Morgan fingerprint density at radius 2 is 1.01 bits per heavy atom. The Morgan fingerprint density at radius 1 is 0.586 bits per heavy atom. The first kappa shape index (κ1) is 48.8. The number of carbonyl (C=O) groups excluding carboxylic acids is 2. The van der Waals surface area contributed by atoms with Crippen LogP contribution in [0.3, 0.4) is 0 Å². The number of benzene rings is 2. The van der Waals surface area contributed by atoms with E-state index >= 15 is 0 Å². The third kappa shape index (κ3) is 8.97. The predicted octanol–water partition coefficient (Wildman–Crippen LogP) is 7.42. The van der Waals surface area contributed by atoms with E-state index in [0.717, 1.165) is 103 Å². The molecule has 16 atom stereocenters. The van der Waals surface area contributed by atoms with Crippen molar-refractivity contribution in [2.24, 2.45) is 47.3 Å². The van der Waals surface area contributed by atoms with Crippen LogP contribution in [0.4, 0.5) is 0 Å². The fourth-order valence-corrected chi connectivity index (χ4v) is 14.2. The van der Waals surface area contributed by atoms with E-state index in [-0.39, 0.29) is 47.3 Å². The summed E-state index contributed by atoms with van der Waals surface area (Å²) >= 11 is 0. The first-order valence-electron chi connectivity index (χ1n) is 26.7. The van der Waals surface area contributed by atoms with Gasteiger partial charge in [-0.2, -0.15) is 0 Å². The molecule has 11 fully saturated rings. The van der Waals surface area contributed by atoms with Gasteiger partial charge in [-0.05, 0) is 138 Å². The molecule has 384 valence electrons. The van der Waals surface area contributed by atoms with Crippen molar-refractivity contribution in [2.45, 2.75) is 154 Å². The van der Waals surface area contributed by atoms with Crippen molar-refractivity contribution in [1.29, 1.82) is 0 Å². The first-order valence-corrected chi connectivity index (χ1v) is 26.7. The first-order chi connectivity index (χ1) is 33.8. The lowest BCUT2D eigenvalue weighted by Crippen LogP contribution is -2.70. The summed E-state index contributed by atoms with van der Waals surface area (Å²) in [6.07, 6.45) is 7.11. The fourth-order valence-electron chi connectivity index (χ4n) is 14.2. The van der Waals surface area contributed by atoms with Gasteiger partial charge in [0, 0.05) is 86.9 Å². The van der Waals surface area contributed by atoms with Gasteiger partial charge in [-0.3, -0.25) is 9.59 Å². The largest absolute Gasteiger partial charge is 0.465 e. The molecule has 4 bridgehead atoms. The van der Waals surface area contributed by atoms with Gasteiger partial charge in [0.05, 0.1) is 0 Å². The maximum Gasteiger partial charge on any atom is 0.251 e. The van der Waals surface area contributed by atoms with Crippen LogP contribution < -0.4 is 20.1 Å². The zero-order valence-electron chi connectivity index (χ0n) is 42.1. The maximum atomic E-state index is 13.3. The molecule has 0 radical (unpaired) electrons. The predicted molar refractivity (Wildman–Crippen MR) is 255 cm³/mol. The molecule has 2 aromatic carbocycles. The lowest BCUT2D eigenvalue weighted by Gasteiger charge is -2.60. The summed E-state index contributed by atoms with van der Waals surface area (Å²) in [5.74, 6) is 1.14. The standard InChI is InChI=1S/C54H76N4O12/c1-33-15-17-43-35(3)47(63-49-53(43)41(33)19-21-51(5,65-49)67-69-53)61-39-13-7-11-37(31-39)45(59)55-23-9-25-57-27-29-58(30-28-57)26-10-24-56-46(60)38-12-8-14-40(32-38)62-48-36(4)44-18-16-34(2)42-20-22-52(6)66-50(64-48)54(42,44)70-68-52/h7-8,11-14,31-36,41-44,47-50H,9-10,15-30H2,1-6H3,(H,55,59)(H,56,60)/t33-,34-,35-,36-,41?,42?,43?,44?,47+,48+,49?,50?,51?,52?,53-,54-/m1/s1. The maximum absolute atomic E-state index is 13.3. The monoisotopic (exact) mass is 973 g/mol. The van der Waals surface area contributed by atoms with Crippen molar-refractivity contribution < 1.29 is 57.6 Å². The topological polar surface area (TPSA) is 157 Å². The average Bonchev–Trinajstić information content (AvgIpc) is 3.74. The normalized spacial score (nSPS) is 42.1. The van der Waals surface area contributed by atoms with E-state index in [1.165, 1.54) is 0 Å². The Balaban J connectivity index is 0.586. The van der Waals surface area contributed by atoms with Gasteiger partial charge in [-0.1, -0.05) is 39.8 Å². The number of hydrogen-bond acceptors (Lipinski definition) is 14. The van der Waals surface area contributed by atoms with Crippen molar-refractivity contribution in [3.63, 3.8) is 0 Å². The van der Waals surface area contributed by atoms with Gasteiger partial charge in [0.1, 0.15) is 11.5 Å². The molecule has 70 heavy (non-hydrogen) atoms. The van der Waals surface area contributed by atoms with E-state index in [4.69, 9.17) is 48.0 Å². The van der Waals surface area contributed by atoms with E-state index in [9.17, 15) is 9.59 Å². The van der Waals surface area contributed by atoms with Gasteiger partial charge in [0.25, 0.3) is 11.8 Å². The van der Waals surface area contributed by atoms with Crippen LogP contribution in [0.25, 0.3) is 0 Å². The summed E-state index contributed by atoms with van der Waals surface area (Å²) < 4.78 is 39.3. The Labute approximate surface area is 413 Å². The lowest BCUT2D eigenvalue weighted by atomic mass is 9.58. The van der Waals surface area contributed by atoms with E-state index < -0.39 is 47.9 Å². The van der Waals surface area contributed by atoms with Crippen molar-refractivity contribution in [1.82, 2.24) is 20.4 Å². The highest BCUT2D eigenvalue weighted by Gasteiger charge is 2.71. The van der Waals surface area contributed by atoms with Gasteiger partial charge in [0.15, 0.2) is 23.8 Å². The third-order valence-corrected chi connectivity index (χ3v) is 18.2. The lowest BCUT2D eigenvalue weighted by molar-refractivity contribution is -0.575. The average molecular weight is 973 g/mol. The smallest absolute Gasteiger partial charge is 0.251 e. The van der Waals surface area contributed by atoms with E-state index in [1.54, 1.807) is 12.1 Å². The molecular formula is C54H76N4O12. The zero-order valence-corrected chi connectivity index (χ0v) is 42.1. The molecule has 9 heterocycles. The highest BCUT2D eigenvalue weighted by molar-refractivity contribution is 5.95. The van der Waals surface area contributed by atoms with Gasteiger partial charge >= 0.3 is 0 Å². The summed E-state index contributed by atoms with van der Waals surface area (Å²) in [7, 11) is 0. The molecule has 2 N–H and O–H groups in total. The van der Waals surface area contributed by atoms with E-state index in [1.807, 2.05) is 50.2 Å². The third-order valence-electron chi connectivity index (χ3n) is 18.2. The van der Waals surface area contributed by atoms with Crippen molar-refractivity contribution in [2.75, 3.05) is 52.4 Å². The van der Waals surface area contributed by atoms with Crippen LogP contribution in [-0.4, -0.2) is 122 Å². The molecule has 2 aliphatic carbocycles. The summed E-state index contributed by atoms with van der Waals surface area (Å²) in [4.78, 5) is 56.0. The summed E-state index contributed by atoms with van der Waals surface area (Å²) in [5.41, 5.74) is -0.193. The SMILES string of the molecule is C[C@@H]1CCC2[C@@H](C)[C@@H](Oc3cccc(C(=O)NCCCN4CCN(CCCNC(=O)c5cccc(O[C@H]6OC7OC8(C)CCC9[C@H](C)CCC([C@H]6C)[C@@]79OO8)c5)CC4)c3)OC3OC4(C)CCC1[C@]32OO4. The van der Waals surface area contributed by atoms with Gasteiger partial charge in [-0.15, -0.1) is 0 Å². The number of ether oxygens (including phenoxy) is 6. The molecule has 9 saturated heterocycles. The van der Waals surface area contributed by atoms with E-state index in [2.05, 4.69) is 48.1 Å². The van der Waals surface area contributed by atoms with Crippen LogP contribution in [0.15, 0.2) is 48.5 Å². The number of rotatable bonds is 14. The second-order valence-electron chi connectivity index (χ2n) is 22.7. The van der Waals surface area contributed by atoms with Crippen LogP contribution in [0.5, 0.6) is 11.5 Å². The minimum atomic E-state index is -0.850. The van der Waals surface area contributed by atoms with Gasteiger partial charge in [-0.25, -0.2) is 19.6 Å². The molecule has 9 aliphatic heterocycles. The minimum Gasteiger partial charge on any atom is -0.465 e. The molecule has 16 nitrogen and oxygen atoms in total. The number of hydrogen-bond donors (Lipinski definition) is 2. The number of amides is 2. The molecule has 13 rings (SSSR count). The second kappa shape index (κ2) is 19.5. The molecule has 11 aliphatic rings. The number of fused-ring (bicyclic) bond motifs is 4. The number of nitrogens with zero attached hydrogens (tertiary/aromatic N) is 2. The van der Waals surface area contributed by atoms with Gasteiger partial charge in [0.2, 0.25) is 24.2 Å². The van der Waals surface area contributed by atoms with Gasteiger partial charge < -0.3 is 48.9 Å². The number of piperazine rings is 1. The zero-order chi connectivity index (χ0) is 48.4. The molecule has 2 amide bonds. The van der Waals surface area contributed by atoms with Crippen LogP contribution in [0.2, 0.25) is 0 Å². The number of carbonyl (C=O) groups is 2. The minimum absolute atomic E-state index is 0.0273. The number of nitrogens with one attached hydrogen (secondary N) is 2. The van der Waals surface area contributed by atoms with Crippen molar-refractivity contribution in [3.05, 3.63) is 59.7 Å². The van der Waals surface area contributed by atoms with Crippen molar-refractivity contribution in [3.8, 4) is 11.5 Å². The molecule has 2 spiro atoms. The molecule has 2 saturated carbocycles. The van der Waals surface area contributed by atoms with E-state index in [0.29, 0.717) is 47.6 Å². The van der Waals surface area contributed by atoms with Crippen LogP contribution in [0.1, 0.15) is 126 Å². The Morgan fingerprint density at radius 3 is 1.44 bits per heavy atom. The highest BCUT2D eigenvalue weighted by atomic mass is 17.3. The highest BCUT2D eigenvalue weighted by Crippen LogP contribution is 2.62. The quantitative estimate of drug-likeness (QED) is 0.142. The summed E-state index contributed by atoms with van der Waals surface area (Å²) in [5, 5.41) is 6.23. The molecule has 0 aromatic heterocycles. The Hall–Kier alpha value is -3.42. The van der Waals surface area contributed by atoms with Crippen LogP contribution >= 0.6 is 0 Å². The Kier molecular flexibility index (Phi) is 13.6. The Bertz CT molecular complexity index is 2060. The fraction of sp³-hybridized carbons (Fsp3) is 0.741.